The molecule has 0 aromatic heterocycles. The Morgan fingerprint density at radius 1 is 1.35 bits per heavy atom. The summed E-state index contributed by atoms with van der Waals surface area (Å²) in [6, 6.07) is 2.09. The number of allylic oxidation sites excluding steroid dienone is 2. The Balaban J connectivity index is 2.48. The number of rotatable bonds is 3. The largest absolute Gasteiger partial charge is 0.389 e. The highest BCUT2D eigenvalue weighted by atomic mass is 19.4. The van der Waals surface area contributed by atoms with E-state index in [9.17, 15) is 13.2 Å². The third kappa shape index (κ3) is 5.25. The second-order valence-electron chi connectivity index (χ2n) is 4.85. The summed E-state index contributed by atoms with van der Waals surface area (Å²) in [5.41, 5.74) is 1.69. The molecule has 0 aliphatic heterocycles. The lowest BCUT2D eigenvalue weighted by Gasteiger charge is -2.21. The van der Waals surface area contributed by atoms with Gasteiger partial charge < -0.3 is 0 Å². The number of halogens is 3. The van der Waals surface area contributed by atoms with Crippen LogP contribution >= 0.6 is 0 Å². The number of nitrogens with zero attached hydrogens (tertiary/aromatic N) is 1. The fraction of sp³-hybridized carbons (Fsp3) is 0.769. The van der Waals surface area contributed by atoms with E-state index in [1.165, 1.54) is 0 Å². The first kappa shape index (κ1) is 14.1. The summed E-state index contributed by atoms with van der Waals surface area (Å²) in [4.78, 5) is 0. The van der Waals surface area contributed by atoms with Gasteiger partial charge in [-0.05, 0) is 44.4 Å². The van der Waals surface area contributed by atoms with Crippen molar-refractivity contribution in [3.05, 3.63) is 11.1 Å². The molecule has 1 nitrogen and oxygen atoms in total. The maximum absolute atomic E-state index is 12.0. The number of nitriles is 1. The Kier molecular flexibility index (Phi) is 5.04. The predicted molar refractivity (Wildman–Crippen MR) is 60.2 cm³/mol. The van der Waals surface area contributed by atoms with Crippen molar-refractivity contribution in [2.75, 3.05) is 0 Å². The fourth-order valence-corrected chi connectivity index (χ4v) is 2.19. The molecule has 1 aliphatic rings. The zero-order chi connectivity index (χ0) is 12.9. The second kappa shape index (κ2) is 6.09. The Bertz CT molecular complexity index is 313. The molecule has 0 N–H and O–H groups in total. The van der Waals surface area contributed by atoms with Crippen molar-refractivity contribution in [1.82, 2.24) is 0 Å². The van der Waals surface area contributed by atoms with Gasteiger partial charge in [-0.2, -0.15) is 18.4 Å². The third-order valence-electron chi connectivity index (χ3n) is 3.33. The minimum atomic E-state index is -4.10. The van der Waals surface area contributed by atoms with Crippen molar-refractivity contribution in [3.63, 3.8) is 0 Å². The Morgan fingerprint density at radius 2 is 1.94 bits per heavy atom. The van der Waals surface area contributed by atoms with E-state index in [2.05, 4.69) is 13.0 Å². The highest BCUT2D eigenvalue weighted by molar-refractivity contribution is 5.28. The normalized spacial score (nSPS) is 21.1. The number of hydrogen-bond donors (Lipinski definition) is 0. The van der Waals surface area contributed by atoms with E-state index in [1.54, 1.807) is 0 Å². The molecule has 0 bridgehead atoms. The van der Waals surface area contributed by atoms with Gasteiger partial charge in [-0.25, -0.2) is 0 Å². The minimum Gasteiger partial charge on any atom is -0.193 e. The van der Waals surface area contributed by atoms with Gasteiger partial charge in [-0.15, -0.1) is 0 Å². The van der Waals surface area contributed by atoms with E-state index in [0.29, 0.717) is 11.5 Å². The predicted octanol–water partition coefficient (Wildman–Crippen LogP) is 4.75. The highest BCUT2D eigenvalue weighted by Crippen LogP contribution is 2.32. The van der Waals surface area contributed by atoms with Crippen molar-refractivity contribution in [3.8, 4) is 6.07 Å². The first-order valence-corrected chi connectivity index (χ1v) is 6.10. The lowest BCUT2D eigenvalue weighted by Crippen LogP contribution is -2.08. The Morgan fingerprint density at radius 3 is 2.41 bits per heavy atom. The highest BCUT2D eigenvalue weighted by Gasteiger charge is 2.26. The average molecular weight is 245 g/mol. The molecule has 0 aromatic carbocycles. The molecule has 1 saturated carbocycles. The lowest BCUT2D eigenvalue weighted by molar-refractivity contribution is -0.135. The molecular formula is C13H18F3N. The van der Waals surface area contributed by atoms with Crippen LogP contribution in [0, 0.1) is 17.2 Å². The summed E-state index contributed by atoms with van der Waals surface area (Å²) in [5.74, 6) is 0.675. The smallest absolute Gasteiger partial charge is 0.193 e. The summed E-state index contributed by atoms with van der Waals surface area (Å²) in [6.45, 7) is 2.17. The van der Waals surface area contributed by atoms with Crippen LogP contribution in [0.4, 0.5) is 13.2 Å². The summed E-state index contributed by atoms with van der Waals surface area (Å²) < 4.78 is 36.0. The Hall–Kier alpha value is -0.980. The van der Waals surface area contributed by atoms with Crippen molar-refractivity contribution >= 4 is 0 Å². The number of alkyl halides is 3. The molecule has 1 fully saturated rings. The van der Waals surface area contributed by atoms with Gasteiger partial charge in [0.15, 0.2) is 0 Å². The first-order chi connectivity index (χ1) is 7.92. The van der Waals surface area contributed by atoms with Gasteiger partial charge in [-0.1, -0.05) is 12.5 Å². The summed E-state index contributed by atoms with van der Waals surface area (Å²) in [5, 5.41) is 8.98. The van der Waals surface area contributed by atoms with Crippen molar-refractivity contribution in [2.24, 2.45) is 5.92 Å². The van der Waals surface area contributed by atoms with Crippen LogP contribution in [0.3, 0.4) is 0 Å². The molecule has 0 radical (unpaired) electrons. The van der Waals surface area contributed by atoms with Crippen LogP contribution in [0.15, 0.2) is 11.1 Å². The lowest BCUT2D eigenvalue weighted by atomic mass is 9.84. The topological polar surface area (TPSA) is 23.8 Å². The zero-order valence-electron chi connectivity index (χ0n) is 10.1. The van der Waals surface area contributed by atoms with Gasteiger partial charge in [0.2, 0.25) is 0 Å². The van der Waals surface area contributed by atoms with Crippen LogP contribution in [0.5, 0.6) is 0 Å². The van der Waals surface area contributed by atoms with Crippen LogP contribution in [0.1, 0.15) is 51.9 Å². The van der Waals surface area contributed by atoms with E-state index in [1.807, 2.05) is 0 Å². The molecule has 0 aromatic rings. The molecule has 0 unspecified atom stereocenters. The van der Waals surface area contributed by atoms with E-state index < -0.39 is 12.6 Å². The van der Waals surface area contributed by atoms with E-state index in [0.717, 1.165) is 31.3 Å². The molecule has 1 rings (SSSR count). The summed E-state index contributed by atoms with van der Waals surface area (Å²) >= 11 is 0. The van der Waals surface area contributed by atoms with E-state index in [-0.39, 0.29) is 12.8 Å². The van der Waals surface area contributed by atoms with Crippen LogP contribution < -0.4 is 0 Å². The third-order valence-corrected chi connectivity index (χ3v) is 3.33. The molecular weight excluding hydrogens is 227 g/mol. The monoisotopic (exact) mass is 245 g/mol. The molecule has 0 saturated heterocycles. The molecule has 1 aliphatic carbocycles. The molecule has 17 heavy (non-hydrogen) atoms. The standard InChI is InChI=1S/C13H18F3N/c1-10-4-6-11(7-5-10)12(9-17)3-2-8-13(14,15)16/h10H,2-8H2,1H3. The quantitative estimate of drug-likeness (QED) is 0.658. The minimum absolute atomic E-state index is 0.0332. The molecule has 0 amide bonds. The maximum atomic E-state index is 12.0. The van der Waals surface area contributed by atoms with Crippen LogP contribution in [0.2, 0.25) is 0 Å². The van der Waals surface area contributed by atoms with Gasteiger partial charge in [0, 0.05) is 12.0 Å². The number of hydrogen-bond acceptors (Lipinski definition) is 1. The zero-order valence-corrected chi connectivity index (χ0v) is 10.1. The summed E-state index contributed by atoms with van der Waals surface area (Å²) in [7, 11) is 0. The average Bonchev–Trinajstić information content (AvgIpc) is 2.24. The second-order valence-corrected chi connectivity index (χ2v) is 4.85. The van der Waals surface area contributed by atoms with Gasteiger partial charge in [0.25, 0.3) is 0 Å². The van der Waals surface area contributed by atoms with Crippen LogP contribution in [0.25, 0.3) is 0 Å². The van der Waals surface area contributed by atoms with Crippen molar-refractivity contribution in [1.29, 1.82) is 5.26 Å². The molecule has 4 heteroatoms. The SMILES string of the molecule is CC1CCC(=C(C#N)CCCC(F)(F)F)CC1. The van der Waals surface area contributed by atoms with Gasteiger partial charge in [0.1, 0.15) is 0 Å². The summed E-state index contributed by atoms with van der Waals surface area (Å²) in [6.07, 6.45) is -0.703. The van der Waals surface area contributed by atoms with Crippen molar-refractivity contribution < 1.29 is 13.2 Å². The van der Waals surface area contributed by atoms with Gasteiger partial charge in [0.05, 0.1) is 6.07 Å². The molecule has 0 heterocycles. The fourth-order valence-electron chi connectivity index (χ4n) is 2.19. The maximum Gasteiger partial charge on any atom is 0.389 e. The van der Waals surface area contributed by atoms with Gasteiger partial charge >= 0.3 is 6.18 Å². The van der Waals surface area contributed by atoms with Crippen LogP contribution in [-0.2, 0) is 0 Å². The first-order valence-electron chi connectivity index (χ1n) is 6.10. The molecule has 96 valence electrons. The van der Waals surface area contributed by atoms with Crippen molar-refractivity contribution in [2.45, 2.75) is 58.0 Å². The Labute approximate surface area is 100 Å². The van der Waals surface area contributed by atoms with E-state index >= 15 is 0 Å². The van der Waals surface area contributed by atoms with Crippen LogP contribution in [-0.4, -0.2) is 6.18 Å². The van der Waals surface area contributed by atoms with E-state index in [4.69, 9.17) is 5.26 Å². The molecule has 0 spiro atoms. The van der Waals surface area contributed by atoms with Gasteiger partial charge in [-0.3, -0.25) is 0 Å². The molecule has 0 atom stereocenters.